The van der Waals surface area contributed by atoms with E-state index in [0.717, 1.165) is 11.1 Å². The molecule has 0 bridgehead atoms. The molecule has 0 aliphatic heterocycles. The minimum atomic E-state index is -0.507. The number of nitrogens with one attached hydrogen (secondary N) is 1. The fraction of sp³-hybridized carbons (Fsp3) is 0.235. The number of nitro groups is 1. The molecule has 1 aromatic carbocycles. The zero-order valence-electron chi connectivity index (χ0n) is 14.8. The smallest absolute Gasteiger partial charge is 0.338 e. The van der Waals surface area contributed by atoms with Gasteiger partial charge >= 0.3 is 11.7 Å². The number of esters is 1. The van der Waals surface area contributed by atoms with Gasteiger partial charge in [-0.1, -0.05) is 11.8 Å². The monoisotopic (exact) mass is 388 g/mol. The van der Waals surface area contributed by atoms with Gasteiger partial charge < -0.3 is 14.5 Å². The molecule has 0 atom stereocenters. The molecule has 0 spiro atoms. The maximum absolute atomic E-state index is 11.8. The topological polar surface area (TPSA) is 120 Å². The summed E-state index contributed by atoms with van der Waals surface area (Å²) < 4.78 is 9.93. The van der Waals surface area contributed by atoms with E-state index in [1.165, 1.54) is 38.2 Å². The van der Waals surface area contributed by atoms with Gasteiger partial charge in [0.05, 0.1) is 41.4 Å². The van der Waals surface area contributed by atoms with Crippen molar-refractivity contribution in [2.75, 3.05) is 14.2 Å². The van der Waals surface area contributed by atoms with Gasteiger partial charge in [-0.25, -0.2) is 9.78 Å². The first-order valence-corrected chi connectivity index (χ1v) is 8.81. The molecule has 9 nitrogen and oxygen atoms in total. The number of imidazole rings is 1. The lowest BCUT2D eigenvalue weighted by Crippen LogP contribution is -2.03. The number of aromatic amines is 1. The van der Waals surface area contributed by atoms with Gasteiger partial charge in [0.15, 0.2) is 5.16 Å². The number of hydrogen-bond donors (Lipinski definition) is 1. The standard InChI is InChI=1S/C17H16N4O5S/c1-9-6-11-12(7-10(9)16(22)26-3)20-17(19-11)27-8-13-15(25-2)14(21(23)24)4-5-18-13/h4-7H,8H2,1-3H3,(H,19,20). The minimum Gasteiger partial charge on any atom is -0.489 e. The predicted molar refractivity (Wildman–Crippen MR) is 99.2 cm³/mol. The number of H-pyrrole nitrogens is 1. The summed E-state index contributed by atoms with van der Waals surface area (Å²) >= 11 is 1.33. The highest BCUT2D eigenvalue weighted by molar-refractivity contribution is 7.98. The average Bonchev–Trinajstić information content (AvgIpc) is 3.06. The lowest BCUT2D eigenvalue weighted by molar-refractivity contribution is -0.385. The van der Waals surface area contributed by atoms with E-state index in [0.29, 0.717) is 27.7 Å². The number of rotatable bonds is 6. The Labute approximate surface area is 158 Å². The molecular weight excluding hydrogens is 372 g/mol. The van der Waals surface area contributed by atoms with Crippen LogP contribution in [0.25, 0.3) is 11.0 Å². The van der Waals surface area contributed by atoms with E-state index < -0.39 is 10.9 Å². The average molecular weight is 388 g/mol. The Morgan fingerprint density at radius 3 is 2.81 bits per heavy atom. The SMILES string of the molecule is COC(=O)c1cc2nc(SCc3nccc([N+](=O)[O-])c3OC)[nH]c2cc1C. The number of aryl methyl sites for hydroxylation is 1. The summed E-state index contributed by atoms with van der Waals surface area (Å²) in [5, 5.41) is 11.7. The quantitative estimate of drug-likeness (QED) is 0.296. The van der Waals surface area contributed by atoms with Gasteiger partial charge in [0, 0.05) is 18.0 Å². The molecule has 0 radical (unpaired) electrons. The summed E-state index contributed by atoms with van der Waals surface area (Å²) in [6, 6.07) is 4.79. The number of carbonyl (C=O) groups is 1. The summed E-state index contributed by atoms with van der Waals surface area (Å²) in [5.41, 5.74) is 2.95. The van der Waals surface area contributed by atoms with Crippen LogP contribution in [0.15, 0.2) is 29.6 Å². The molecule has 0 aliphatic carbocycles. The third-order valence-electron chi connectivity index (χ3n) is 3.92. The first-order valence-electron chi connectivity index (χ1n) is 7.82. The van der Waals surface area contributed by atoms with E-state index >= 15 is 0 Å². The zero-order chi connectivity index (χ0) is 19.6. The maximum atomic E-state index is 11.8. The second kappa shape index (κ2) is 7.62. The van der Waals surface area contributed by atoms with Gasteiger partial charge in [0.25, 0.3) is 0 Å². The van der Waals surface area contributed by atoms with Gasteiger partial charge in [0.2, 0.25) is 5.75 Å². The van der Waals surface area contributed by atoms with Crippen molar-refractivity contribution in [1.29, 1.82) is 0 Å². The fourth-order valence-corrected chi connectivity index (χ4v) is 3.45. The molecule has 0 unspecified atom stereocenters. The molecule has 0 saturated carbocycles. The molecule has 2 aromatic heterocycles. The molecule has 0 aliphatic rings. The molecule has 3 rings (SSSR count). The van der Waals surface area contributed by atoms with E-state index in [1.807, 2.05) is 13.0 Å². The van der Waals surface area contributed by atoms with Crippen LogP contribution in [-0.4, -0.2) is 40.1 Å². The van der Waals surface area contributed by atoms with Crippen LogP contribution >= 0.6 is 11.8 Å². The summed E-state index contributed by atoms with van der Waals surface area (Å²) in [5.74, 6) is 0.0418. The Kier molecular flexibility index (Phi) is 5.26. The first-order chi connectivity index (χ1) is 12.9. The van der Waals surface area contributed by atoms with Crippen LogP contribution in [0.4, 0.5) is 5.69 Å². The Bertz CT molecular complexity index is 1030. The molecular formula is C17H16N4O5S. The third-order valence-corrected chi connectivity index (χ3v) is 4.80. The molecule has 2 heterocycles. The van der Waals surface area contributed by atoms with Crippen molar-refractivity contribution in [2.24, 2.45) is 0 Å². The van der Waals surface area contributed by atoms with Crippen LogP contribution in [-0.2, 0) is 10.5 Å². The van der Waals surface area contributed by atoms with Crippen molar-refractivity contribution in [1.82, 2.24) is 15.0 Å². The zero-order valence-corrected chi connectivity index (χ0v) is 15.6. The molecule has 3 aromatic rings. The number of aromatic nitrogens is 3. The van der Waals surface area contributed by atoms with Crippen LogP contribution in [0, 0.1) is 17.0 Å². The molecule has 0 fully saturated rings. The number of nitrogens with zero attached hydrogens (tertiary/aromatic N) is 3. The summed E-state index contributed by atoms with van der Waals surface area (Å²) in [6.07, 6.45) is 1.38. The summed E-state index contributed by atoms with van der Waals surface area (Å²) in [6.45, 7) is 1.82. The molecule has 10 heteroatoms. The Hall–Kier alpha value is -3.14. The number of carbonyl (C=O) groups excluding carboxylic acids is 1. The molecule has 140 valence electrons. The normalized spacial score (nSPS) is 10.8. The highest BCUT2D eigenvalue weighted by Crippen LogP contribution is 2.33. The van der Waals surface area contributed by atoms with Crippen molar-refractivity contribution in [3.8, 4) is 5.75 Å². The molecule has 0 amide bonds. The second-order valence-electron chi connectivity index (χ2n) is 5.57. The van der Waals surface area contributed by atoms with Crippen LogP contribution in [0.3, 0.4) is 0 Å². The van der Waals surface area contributed by atoms with E-state index in [1.54, 1.807) is 6.07 Å². The van der Waals surface area contributed by atoms with Crippen molar-refractivity contribution in [2.45, 2.75) is 17.8 Å². The minimum absolute atomic E-state index is 0.133. The van der Waals surface area contributed by atoms with Gasteiger partial charge in [-0.3, -0.25) is 15.1 Å². The number of benzene rings is 1. The number of pyridine rings is 1. The third kappa shape index (κ3) is 3.70. The summed E-state index contributed by atoms with van der Waals surface area (Å²) in [4.78, 5) is 34.2. The van der Waals surface area contributed by atoms with Crippen molar-refractivity contribution < 1.29 is 19.2 Å². The van der Waals surface area contributed by atoms with E-state index in [9.17, 15) is 14.9 Å². The largest absolute Gasteiger partial charge is 0.489 e. The van der Waals surface area contributed by atoms with Crippen molar-refractivity contribution in [3.63, 3.8) is 0 Å². The fourth-order valence-electron chi connectivity index (χ4n) is 2.63. The number of fused-ring (bicyclic) bond motifs is 1. The Morgan fingerprint density at radius 2 is 2.15 bits per heavy atom. The number of hydrogen-bond acceptors (Lipinski definition) is 8. The van der Waals surface area contributed by atoms with Crippen LogP contribution < -0.4 is 4.74 Å². The second-order valence-corrected chi connectivity index (χ2v) is 6.54. The van der Waals surface area contributed by atoms with E-state index in [4.69, 9.17) is 9.47 Å². The maximum Gasteiger partial charge on any atom is 0.338 e. The van der Waals surface area contributed by atoms with E-state index in [2.05, 4.69) is 15.0 Å². The van der Waals surface area contributed by atoms with Crippen molar-refractivity contribution >= 4 is 34.5 Å². The van der Waals surface area contributed by atoms with Gasteiger partial charge in [0.1, 0.15) is 0 Å². The summed E-state index contributed by atoms with van der Waals surface area (Å²) in [7, 11) is 2.70. The number of ether oxygens (including phenoxy) is 2. The van der Waals surface area contributed by atoms with Gasteiger partial charge in [-0.05, 0) is 24.6 Å². The van der Waals surface area contributed by atoms with Gasteiger partial charge in [-0.2, -0.15) is 0 Å². The number of thioether (sulfide) groups is 1. The van der Waals surface area contributed by atoms with Crippen LogP contribution in [0.5, 0.6) is 5.75 Å². The lowest BCUT2D eigenvalue weighted by atomic mass is 10.1. The molecule has 0 saturated heterocycles. The molecule has 27 heavy (non-hydrogen) atoms. The molecule has 1 N–H and O–H groups in total. The Morgan fingerprint density at radius 1 is 1.37 bits per heavy atom. The van der Waals surface area contributed by atoms with E-state index in [-0.39, 0.29) is 11.4 Å². The van der Waals surface area contributed by atoms with Crippen molar-refractivity contribution in [3.05, 3.63) is 51.3 Å². The van der Waals surface area contributed by atoms with Crippen LogP contribution in [0.1, 0.15) is 21.6 Å². The predicted octanol–water partition coefficient (Wildman–Crippen LogP) is 3.26. The van der Waals surface area contributed by atoms with Gasteiger partial charge in [-0.15, -0.1) is 0 Å². The Balaban J connectivity index is 1.87. The highest BCUT2D eigenvalue weighted by Gasteiger charge is 2.20. The number of methoxy groups -OCH3 is 2. The first kappa shape index (κ1) is 18.6. The highest BCUT2D eigenvalue weighted by atomic mass is 32.2. The van der Waals surface area contributed by atoms with Crippen LogP contribution in [0.2, 0.25) is 0 Å². The lowest BCUT2D eigenvalue weighted by Gasteiger charge is -2.06.